The molecule has 0 aliphatic carbocycles. The number of anilines is 2. The predicted molar refractivity (Wildman–Crippen MR) is 161 cm³/mol. The molecule has 2 heterocycles. The number of rotatable bonds is 9. The molecule has 1 fully saturated rings. The van der Waals surface area contributed by atoms with Crippen LogP contribution in [0.2, 0.25) is 5.02 Å². The zero-order valence-corrected chi connectivity index (χ0v) is 26.6. The third kappa shape index (κ3) is 6.84. The van der Waals surface area contributed by atoms with E-state index in [-0.39, 0.29) is 35.2 Å². The number of nitrogens with one attached hydrogen (secondary N) is 1. The number of ether oxygens (including phenoxy) is 3. The number of halogens is 2. The lowest BCUT2D eigenvalue weighted by Crippen LogP contribution is -2.42. The van der Waals surface area contributed by atoms with E-state index in [4.69, 9.17) is 25.8 Å². The first-order valence-corrected chi connectivity index (χ1v) is 15.9. The van der Waals surface area contributed by atoms with Crippen molar-refractivity contribution >= 4 is 50.6 Å². The van der Waals surface area contributed by atoms with E-state index in [1.54, 1.807) is 49.3 Å². The van der Waals surface area contributed by atoms with Crippen LogP contribution in [0.25, 0.3) is 0 Å². The molecule has 0 radical (unpaired) electrons. The molecule has 0 spiro atoms. The third-order valence-electron chi connectivity index (χ3n) is 6.80. The highest BCUT2D eigenvalue weighted by molar-refractivity contribution is 7.92. The van der Waals surface area contributed by atoms with Gasteiger partial charge in [-0.1, -0.05) is 11.6 Å². The first-order chi connectivity index (χ1) is 19.7. The van der Waals surface area contributed by atoms with Crippen LogP contribution >= 0.6 is 22.9 Å². The van der Waals surface area contributed by atoms with Gasteiger partial charge in [0, 0.05) is 29.6 Å². The molecule has 1 aliphatic rings. The Morgan fingerprint density at radius 3 is 2.60 bits per heavy atom. The maximum Gasteiger partial charge on any atom is 0.410 e. The van der Waals surface area contributed by atoms with E-state index in [1.807, 2.05) is 6.92 Å². The third-order valence-corrected chi connectivity index (χ3v) is 9.45. The van der Waals surface area contributed by atoms with Crippen LogP contribution in [0.1, 0.15) is 39.7 Å². The van der Waals surface area contributed by atoms with E-state index in [9.17, 15) is 13.2 Å². The molecule has 0 saturated carbocycles. The molecule has 4 rings (SSSR count). The lowest BCUT2D eigenvalue weighted by atomic mass is 10.1. The van der Waals surface area contributed by atoms with Crippen molar-refractivity contribution in [3.63, 3.8) is 0 Å². The number of nitrogens with zero attached hydrogens (tertiary/aromatic N) is 3. The van der Waals surface area contributed by atoms with Crippen molar-refractivity contribution in [1.29, 1.82) is 0 Å². The number of hydrogen-bond acceptors (Lipinski definition) is 9. The lowest BCUT2D eigenvalue weighted by molar-refractivity contribution is 0.0235. The van der Waals surface area contributed by atoms with Crippen molar-refractivity contribution in [2.45, 2.75) is 63.2 Å². The summed E-state index contributed by atoms with van der Waals surface area (Å²) >= 11 is 7.73. The van der Waals surface area contributed by atoms with E-state index >= 15 is 4.39 Å². The second-order valence-electron chi connectivity index (χ2n) is 10.8. The fourth-order valence-electron chi connectivity index (χ4n) is 4.62. The summed E-state index contributed by atoms with van der Waals surface area (Å²) in [7, 11) is -1.50. The van der Waals surface area contributed by atoms with Gasteiger partial charge in [-0.25, -0.2) is 26.9 Å². The fraction of sp³-hybridized carbons (Fsp3) is 0.429. The van der Waals surface area contributed by atoms with Crippen LogP contribution in [0.3, 0.4) is 0 Å². The molecule has 1 saturated heterocycles. The minimum Gasteiger partial charge on any atom is -0.497 e. The van der Waals surface area contributed by atoms with E-state index < -0.39 is 32.4 Å². The number of carbonyl (C=O) groups excluding carboxylic acids is 1. The van der Waals surface area contributed by atoms with Gasteiger partial charge in [-0.2, -0.15) is 0 Å². The highest BCUT2D eigenvalue weighted by Crippen LogP contribution is 2.35. The monoisotopic (exact) mass is 640 g/mol. The normalized spacial score (nSPS) is 17.2. The number of amides is 1. The average Bonchev–Trinajstić information content (AvgIpc) is 3.58. The molecule has 2 atom stereocenters. The van der Waals surface area contributed by atoms with Crippen molar-refractivity contribution in [3.8, 4) is 11.5 Å². The van der Waals surface area contributed by atoms with Crippen molar-refractivity contribution < 1.29 is 31.8 Å². The van der Waals surface area contributed by atoms with Gasteiger partial charge in [-0.15, -0.1) is 11.3 Å². The van der Waals surface area contributed by atoms with Gasteiger partial charge < -0.3 is 24.4 Å². The number of aromatic nitrogens is 1. The second-order valence-corrected chi connectivity index (χ2v) is 13.7. The quantitative estimate of drug-likeness (QED) is 0.296. The summed E-state index contributed by atoms with van der Waals surface area (Å²) in [5, 5.41) is 4.75. The zero-order valence-electron chi connectivity index (χ0n) is 24.2. The molecule has 3 aromatic rings. The molecule has 14 heteroatoms. The Kier molecular flexibility index (Phi) is 9.43. The molecule has 1 aliphatic heterocycles. The van der Waals surface area contributed by atoms with Gasteiger partial charge in [-0.05, 0) is 58.4 Å². The molecule has 2 aromatic carbocycles. The topological polar surface area (TPSA) is 110 Å². The van der Waals surface area contributed by atoms with Crippen LogP contribution in [0.4, 0.5) is 20.7 Å². The summed E-state index contributed by atoms with van der Waals surface area (Å²) in [6.45, 7) is 7.50. The summed E-state index contributed by atoms with van der Waals surface area (Å²) in [4.78, 5) is 17.8. The number of likely N-dealkylation sites (tertiary alicyclic amines) is 1. The highest BCUT2D eigenvalue weighted by Gasteiger charge is 2.37. The number of hydrogen-bond donors (Lipinski definition) is 1. The fourth-order valence-corrected chi connectivity index (χ4v) is 6.98. The van der Waals surface area contributed by atoms with Crippen molar-refractivity contribution in [2.24, 2.45) is 0 Å². The number of methoxy groups -OCH3 is 2. The molecular weight excluding hydrogens is 607 g/mol. The van der Waals surface area contributed by atoms with Gasteiger partial charge in [0.25, 0.3) is 10.0 Å². The van der Waals surface area contributed by atoms with Crippen LogP contribution in [0, 0.1) is 5.82 Å². The minimum absolute atomic E-state index is 0.0122. The number of carbonyl (C=O) groups is 1. The Morgan fingerprint density at radius 2 is 1.98 bits per heavy atom. The van der Waals surface area contributed by atoms with E-state index in [1.165, 1.54) is 31.1 Å². The van der Waals surface area contributed by atoms with Crippen LogP contribution in [0.15, 0.2) is 46.1 Å². The summed E-state index contributed by atoms with van der Waals surface area (Å²) in [6.07, 6.45) is 0.133. The van der Waals surface area contributed by atoms with Crippen molar-refractivity contribution in [3.05, 3.63) is 57.6 Å². The molecule has 1 aromatic heterocycles. The van der Waals surface area contributed by atoms with E-state index in [0.29, 0.717) is 30.0 Å². The molecule has 10 nitrogen and oxygen atoms in total. The highest BCUT2D eigenvalue weighted by atomic mass is 35.5. The van der Waals surface area contributed by atoms with Crippen LogP contribution in [-0.2, 0) is 21.3 Å². The molecule has 1 amide bonds. The largest absolute Gasteiger partial charge is 0.497 e. The Hall–Kier alpha value is -3.29. The van der Waals surface area contributed by atoms with Gasteiger partial charge >= 0.3 is 6.09 Å². The van der Waals surface area contributed by atoms with E-state index in [0.717, 1.165) is 16.4 Å². The van der Waals surface area contributed by atoms with Crippen molar-refractivity contribution in [1.82, 2.24) is 9.88 Å². The lowest BCUT2D eigenvalue weighted by Gasteiger charge is -2.29. The van der Waals surface area contributed by atoms with Gasteiger partial charge in [0.1, 0.15) is 27.8 Å². The van der Waals surface area contributed by atoms with Gasteiger partial charge in [-0.3, -0.25) is 0 Å². The Balaban J connectivity index is 1.61. The molecule has 0 bridgehead atoms. The van der Waals surface area contributed by atoms with Crippen LogP contribution < -0.4 is 19.1 Å². The smallest absolute Gasteiger partial charge is 0.410 e. The molecular formula is C28H34ClFN4O6S2. The average molecular weight is 641 g/mol. The number of thiazole rings is 1. The maximum atomic E-state index is 15.6. The Bertz CT molecular complexity index is 1530. The summed E-state index contributed by atoms with van der Waals surface area (Å²) in [5.74, 6) is 0.0652. The first-order valence-electron chi connectivity index (χ1n) is 13.1. The summed E-state index contributed by atoms with van der Waals surface area (Å²) in [5.41, 5.74) is 1.58. The van der Waals surface area contributed by atoms with Gasteiger partial charge in [0.15, 0.2) is 5.82 Å². The molecule has 42 heavy (non-hydrogen) atoms. The molecule has 228 valence electrons. The number of sulfonamides is 1. The minimum atomic E-state index is -4.47. The predicted octanol–water partition coefficient (Wildman–Crippen LogP) is 6.16. The number of benzene rings is 2. The maximum absolute atomic E-state index is 15.6. The summed E-state index contributed by atoms with van der Waals surface area (Å²) in [6, 6.07) is 6.60. The van der Waals surface area contributed by atoms with Crippen LogP contribution in [0.5, 0.6) is 11.5 Å². The van der Waals surface area contributed by atoms with Crippen molar-refractivity contribution in [2.75, 3.05) is 30.4 Å². The zero-order chi connectivity index (χ0) is 30.8. The Morgan fingerprint density at radius 1 is 1.24 bits per heavy atom. The SMILES string of the molecule is COc1ccc(CN(c2cscn2)S(=O)(=O)c2cc(Cl)c(N[C@@H]3CCN(C(=O)OC(C)(C)C)C3C)cc2F)c(OC)c1. The van der Waals surface area contributed by atoms with Gasteiger partial charge in [0.05, 0.1) is 43.0 Å². The Labute approximate surface area is 254 Å². The molecule has 1 N–H and O–H groups in total. The molecule has 1 unspecified atom stereocenters. The first kappa shape index (κ1) is 31.6. The summed E-state index contributed by atoms with van der Waals surface area (Å²) < 4.78 is 60.6. The second kappa shape index (κ2) is 12.5. The van der Waals surface area contributed by atoms with Crippen LogP contribution in [-0.4, -0.2) is 62.8 Å². The van der Waals surface area contributed by atoms with Gasteiger partial charge in [0.2, 0.25) is 0 Å². The van der Waals surface area contributed by atoms with E-state index in [2.05, 4.69) is 10.3 Å². The standard InChI is InChI=1S/C28H34ClFN4O6S2/c1-17-22(9-10-33(17)27(35)40-28(2,3)4)32-23-13-21(30)25(12-20(23)29)42(36,37)34(26-15-41-16-31-26)14-18-7-8-19(38-5)11-24(18)39-6/h7-8,11-13,15-17,22,32H,9-10,14H2,1-6H3/t17?,22-/m1/s1.